The summed E-state index contributed by atoms with van der Waals surface area (Å²) in [6.07, 6.45) is 2.44. The Morgan fingerprint density at radius 1 is 1.47 bits per heavy atom. The lowest BCUT2D eigenvalue weighted by Crippen LogP contribution is -2.26. The second-order valence-electron chi connectivity index (χ2n) is 4.05. The van der Waals surface area contributed by atoms with Crippen molar-refractivity contribution < 1.29 is 13.9 Å². The number of nitrogens with one attached hydrogen (secondary N) is 1. The number of carbonyl (C=O) groups is 1. The van der Waals surface area contributed by atoms with E-state index in [1.54, 1.807) is 6.07 Å². The van der Waals surface area contributed by atoms with Gasteiger partial charge in [0, 0.05) is 16.6 Å². The standard InChI is InChI=1S/C12H13BrFNO2/c13-8-5-9(14)7-11(6-8)17-4-3-12(16)15-10-1-2-10/h5-7,10H,1-4H2,(H,15,16). The van der Waals surface area contributed by atoms with E-state index in [0.29, 0.717) is 22.7 Å². The van der Waals surface area contributed by atoms with Crippen LogP contribution in [-0.4, -0.2) is 18.6 Å². The second kappa shape index (κ2) is 5.49. The largest absolute Gasteiger partial charge is 0.493 e. The van der Waals surface area contributed by atoms with Gasteiger partial charge in [0.15, 0.2) is 0 Å². The van der Waals surface area contributed by atoms with Gasteiger partial charge in [-0.3, -0.25) is 4.79 Å². The van der Waals surface area contributed by atoms with Crippen LogP contribution in [0.4, 0.5) is 4.39 Å². The highest BCUT2D eigenvalue weighted by Gasteiger charge is 2.22. The lowest BCUT2D eigenvalue weighted by molar-refractivity contribution is -0.121. The van der Waals surface area contributed by atoms with E-state index in [2.05, 4.69) is 21.2 Å². The molecular weight excluding hydrogens is 289 g/mol. The van der Waals surface area contributed by atoms with Crippen molar-refractivity contribution in [2.45, 2.75) is 25.3 Å². The Kier molecular flexibility index (Phi) is 3.99. The maximum atomic E-state index is 13.0. The van der Waals surface area contributed by atoms with Gasteiger partial charge in [0.2, 0.25) is 5.91 Å². The van der Waals surface area contributed by atoms with Gasteiger partial charge < -0.3 is 10.1 Å². The minimum atomic E-state index is -0.364. The molecule has 1 amide bonds. The van der Waals surface area contributed by atoms with E-state index < -0.39 is 0 Å². The zero-order valence-electron chi connectivity index (χ0n) is 9.21. The van der Waals surface area contributed by atoms with Crippen LogP contribution in [-0.2, 0) is 4.79 Å². The Morgan fingerprint density at radius 2 is 2.24 bits per heavy atom. The third-order valence-corrected chi connectivity index (χ3v) is 2.83. The molecule has 0 aromatic heterocycles. The van der Waals surface area contributed by atoms with Crippen LogP contribution in [0.1, 0.15) is 19.3 Å². The van der Waals surface area contributed by atoms with Crippen molar-refractivity contribution in [2.24, 2.45) is 0 Å². The van der Waals surface area contributed by atoms with Crippen LogP contribution in [0.3, 0.4) is 0 Å². The SMILES string of the molecule is O=C(CCOc1cc(F)cc(Br)c1)NC1CC1. The van der Waals surface area contributed by atoms with E-state index in [1.807, 2.05) is 0 Å². The number of amides is 1. The van der Waals surface area contributed by atoms with Gasteiger partial charge in [-0.1, -0.05) is 15.9 Å². The maximum Gasteiger partial charge on any atom is 0.223 e. The number of carbonyl (C=O) groups excluding carboxylic acids is 1. The lowest BCUT2D eigenvalue weighted by Gasteiger charge is -2.07. The predicted octanol–water partition coefficient (Wildman–Crippen LogP) is 2.64. The minimum Gasteiger partial charge on any atom is -0.493 e. The van der Waals surface area contributed by atoms with E-state index in [0.717, 1.165) is 12.8 Å². The summed E-state index contributed by atoms with van der Waals surface area (Å²) in [6.45, 7) is 0.258. The zero-order valence-corrected chi connectivity index (χ0v) is 10.8. The highest BCUT2D eigenvalue weighted by molar-refractivity contribution is 9.10. The summed E-state index contributed by atoms with van der Waals surface area (Å²) in [5.41, 5.74) is 0. The first kappa shape index (κ1) is 12.4. The molecule has 1 fully saturated rings. The number of ether oxygens (including phenoxy) is 1. The van der Waals surface area contributed by atoms with Crippen LogP contribution in [0.2, 0.25) is 0 Å². The molecule has 1 aliphatic carbocycles. The molecule has 1 N–H and O–H groups in total. The minimum absolute atomic E-state index is 0.0111. The number of benzene rings is 1. The molecule has 3 nitrogen and oxygen atoms in total. The molecular formula is C12H13BrFNO2. The van der Waals surface area contributed by atoms with E-state index in [4.69, 9.17) is 4.74 Å². The Hall–Kier alpha value is -1.10. The molecule has 2 rings (SSSR count). The number of halogens is 2. The van der Waals surface area contributed by atoms with Crippen LogP contribution >= 0.6 is 15.9 Å². The molecule has 0 aliphatic heterocycles. The summed E-state index contributed by atoms with van der Waals surface area (Å²) < 4.78 is 18.9. The van der Waals surface area contributed by atoms with Crippen molar-refractivity contribution >= 4 is 21.8 Å². The fourth-order valence-electron chi connectivity index (χ4n) is 1.40. The molecule has 1 aromatic carbocycles. The summed E-state index contributed by atoms with van der Waals surface area (Å²) in [7, 11) is 0. The van der Waals surface area contributed by atoms with Crippen LogP contribution < -0.4 is 10.1 Å². The van der Waals surface area contributed by atoms with Gasteiger partial charge in [0.25, 0.3) is 0 Å². The van der Waals surface area contributed by atoms with Crippen LogP contribution in [0.15, 0.2) is 22.7 Å². The summed E-state index contributed by atoms with van der Waals surface area (Å²) in [5.74, 6) is 0.0517. The van der Waals surface area contributed by atoms with Gasteiger partial charge in [-0.05, 0) is 25.0 Å². The quantitative estimate of drug-likeness (QED) is 0.908. The van der Waals surface area contributed by atoms with E-state index in [1.165, 1.54) is 12.1 Å². The molecule has 5 heteroatoms. The molecule has 0 spiro atoms. The van der Waals surface area contributed by atoms with Crippen molar-refractivity contribution in [3.05, 3.63) is 28.5 Å². The molecule has 1 saturated carbocycles. The molecule has 0 bridgehead atoms. The molecule has 17 heavy (non-hydrogen) atoms. The fourth-order valence-corrected chi connectivity index (χ4v) is 1.85. The zero-order chi connectivity index (χ0) is 12.3. The second-order valence-corrected chi connectivity index (χ2v) is 4.96. The summed E-state index contributed by atoms with van der Waals surface area (Å²) in [4.78, 5) is 11.3. The van der Waals surface area contributed by atoms with Gasteiger partial charge in [-0.25, -0.2) is 4.39 Å². The van der Waals surface area contributed by atoms with Gasteiger partial charge in [-0.15, -0.1) is 0 Å². The topological polar surface area (TPSA) is 38.3 Å². The predicted molar refractivity (Wildman–Crippen MR) is 65.4 cm³/mol. The first-order chi connectivity index (χ1) is 8.13. The molecule has 0 atom stereocenters. The Bertz CT molecular complexity index is 401. The van der Waals surface area contributed by atoms with Crippen molar-refractivity contribution in [2.75, 3.05) is 6.61 Å². The van der Waals surface area contributed by atoms with E-state index in [-0.39, 0.29) is 18.3 Å². The van der Waals surface area contributed by atoms with Crippen LogP contribution in [0, 0.1) is 5.82 Å². The van der Waals surface area contributed by atoms with Gasteiger partial charge in [0.1, 0.15) is 11.6 Å². The molecule has 0 saturated heterocycles. The molecule has 0 radical (unpaired) electrons. The number of rotatable bonds is 5. The summed E-state index contributed by atoms with van der Waals surface area (Å²) >= 11 is 3.18. The first-order valence-corrected chi connectivity index (χ1v) is 6.31. The lowest BCUT2D eigenvalue weighted by atomic mass is 10.3. The highest BCUT2D eigenvalue weighted by atomic mass is 79.9. The van der Waals surface area contributed by atoms with Gasteiger partial charge in [0.05, 0.1) is 13.0 Å². The molecule has 92 valence electrons. The average molecular weight is 302 g/mol. The Labute approximate surface area is 107 Å². The third-order valence-electron chi connectivity index (χ3n) is 2.38. The van der Waals surface area contributed by atoms with Crippen LogP contribution in [0.25, 0.3) is 0 Å². The maximum absolute atomic E-state index is 13.0. The van der Waals surface area contributed by atoms with Crippen molar-refractivity contribution in [3.63, 3.8) is 0 Å². The highest BCUT2D eigenvalue weighted by Crippen LogP contribution is 2.21. The number of hydrogen-bond acceptors (Lipinski definition) is 2. The average Bonchev–Trinajstić information content (AvgIpc) is 3.00. The normalized spacial score (nSPS) is 14.5. The van der Waals surface area contributed by atoms with Crippen LogP contribution in [0.5, 0.6) is 5.75 Å². The molecule has 1 aromatic rings. The smallest absolute Gasteiger partial charge is 0.223 e. The Morgan fingerprint density at radius 3 is 2.88 bits per heavy atom. The number of hydrogen-bond donors (Lipinski definition) is 1. The third kappa shape index (κ3) is 4.34. The molecule has 0 unspecified atom stereocenters. The van der Waals surface area contributed by atoms with Crippen molar-refractivity contribution in [1.29, 1.82) is 0 Å². The molecule has 0 heterocycles. The monoisotopic (exact) mass is 301 g/mol. The Balaban J connectivity index is 1.74. The van der Waals surface area contributed by atoms with Crippen molar-refractivity contribution in [1.82, 2.24) is 5.32 Å². The summed E-state index contributed by atoms with van der Waals surface area (Å²) in [5, 5.41) is 2.86. The molecule has 1 aliphatic rings. The summed E-state index contributed by atoms with van der Waals surface area (Å²) in [6, 6.07) is 4.68. The first-order valence-electron chi connectivity index (χ1n) is 5.52. The van der Waals surface area contributed by atoms with Gasteiger partial charge >= 0.3 is 0 Å². The fraction of sp³-hybridized carbons (Fsp3) is 0.417. The van der Waals surface area contributed by atoms with Crippen molar-refractivity contribution in [3.8, 4) is 5.75 Å². The van der Waals surface area contributed by atoms with Gasteiger partial charge in [-0.2, -0.15) is 0 Å². The van der Waals surface area contributed by atoms with E-state index in [9.17, 15) is 9.18 Å². The van der Waals surface area contributed by atoms with E-state index >= 15 is 0 Å².